The molecule has 1 aliphatic rings. The van der Waals surface area contributed by atoms with Crippen LogP contribution in [0.25, 0.3) is 11.3 Å². The number of carbonyl (C=O) groups excluding carboxylic acids is 1. The van der Waals surface area contributed by atoms with E-state index in [1.807, 2.05) is 47.4 Å². The van der Waals surface area contributed by atoms with Crippen molar-refractivity contribution in [3.05, 3.63) is 70.2 Å². The Morgan fingerprint density at radius 2 is 1.78 bits per heavy atom. The van der Waals surface area contributed by atoms with Crippen molar-refractivity contribution in [3.8, 4) is 17.0 Å². The van der Waals surface area contributed by atoms with E-state index in [9.17, 15) is 4.79 Å². The van der Waals surface area contributed by atoms with Crippen LogP contribution in [0, 0.1) is 0 Å². The van der Waals surface area contributed by atoms with Gasteiger partial charge in [-0.3, -0.25) is 4.79 Å². The number of anilines is 1. The zero-order valence-electron chi connectivity index (χ0n) is 17.8. The zero-order valence-corrected chi connectivity index (χ0v) is 19.3. The van der Waals surface area contributed by atoms with Crippen molar-refractivity contribution in [2.75, 3.05) is 37.7 Å². The minimum Gasteiger partial charge on any atom is -0.483 e. The predicted octanol–water partition coefficient (Wildman–Crippen LogP) is 4.74. The fourth-order valence-corrected chi connectivity index (χ4v) is 4.19. The maximum absolute atomic E-state index is 12.6. The van der Waals surface area contributed by atoms with Gasteiger partial charge in [-0.2, -0.15) is 0 Å². The third-order valence-corrected chi connectivity index (χ3v) is 6.07. The first kappa shape index (κ1) is 22.4. The number of halogens is 2. The van der Waals surface area contributed by atoms with Crippen molar-refractivity contribution < 1.29 is 9.53 Å². The second-order valence-corrected chi connectivity index (χ2v) is 8.36. The molecule has 0 spiro atoms. The van der Waals surface area contributed by atoms with E-state index in [4.69, 9.17) is 27.9 Å². The highest BCUT2D eigenvalue weighted by Gasteiger charge is 2.23. The first-order valence-corrected chi connectivity index (χ1v) is 11.3. The molecule has 4 rings (SSSR count). The lowest BCUT2D eigenvalue weighted by molar-refractivity contribution is -0.133. The Balaban J connectivity index is 1.32. The summed E-state index contributed by atoms with van der Waals surface area (Å²) in [6.07, 6.45) is 0.868. The summed E-state index contributed by atoms with van der Waals surface area (Å²) < 4.78 is 5.78. The lowest BCUT2D eigenvalue weighted by Gasteiger charge is -2.35. The van der Waals surface area contributed by atoms with E-state index in [0.717, 1.165) is 29.1 Å². The molecule has 6 nitrogen and oxygen atoms in total. The van der Waals surface area contributed by atoms with Gasteiger partial charge in [0.2, 0.25) is 0 Å². The van der Waals surface area contributed by atoms with Gasteiger partial charge >= 0.3 is 0 Å². The Bertz CT molecular complexity index is 1080. The molecule has 0 N–H and O–H groups in total. The van der Waals surface area contributed by atoms with E-state index in [1.165, 1.54) is 0 Å². The molecule has 1 aliphatic heterocycles. The van der Waals surface area contributed by atoms with Crippen LogP contribution in [-0.2, 0) is 11.2 Å². The molecule has 1 saturated heterocycles. The molecule has 2 aromatic carbocycles. The van der Waals surface area contributed by atoms with Gasteiger partial charge in [0.25, 0.3) is 5.91 Å². The number of ether oxygens (including phenoxy) is 1. The first-order valence-electron chi connectivity index (χ1n) is 10.6. The highest BCUT2D eigenvalue weighted by atomic mass is 35.5. The molecule has 166 valence electrons. The summed E-state index contributed by atoms with van der Waals surface area (Å²) >= 11 is 12.2. The van der Waals surface area contributed by atoms with Crippen LogP contribution in [0.15, 0.2) is 54.6 Å². The van der Waals surface area contributed by atoms with Gasteiger partial charge in [0.05, 0.1) is 10.7 Å². The van der Waals surface area contributed by atoms with E-state index >= 15 is 0 Å². The summed E-state index contributed by atoms with van der Waals surface area (Å²) in [5, 5.41) is 9.81. The van der Waals surface area contributed by atoms with E-state index < -0.39 is 0 Å². The smallest absolute Gasteiger partial charge is 0.260 e. The second kappa shape index (κ2) is 10.2. The first-order chi connectivity index (χ1) is 15.5. The Labute approximate surface area is 197 Å². The lowest BCUT2D eigenvalue weighted by Crippen LogP contribution is -2.50. The van der Waals surface area contributed by atoms with Crippen LogP contribution in [0.4, 0.5) is 5.82 Å². The number of piperazine rings is 1. The molecule has 0 atom stereocenters. The molecule has 1 fully saturated rings. The predicted molar refractivity (Wildman–Crippen MR) is 128 cm³/mol. The van der Waals surface area contributed by atoms with E-state index in [0.29, 0.717) is 41.9 Å². The zero-order chi connectivity index (χ0) is 22.5. The number of aryl methyl sites for hydroxylation is 1. The minimum absolute atomic E-state index is 0.00521. The number of aromatic nitrogens is 2. The van der Waals surface area contributed by atoms with Crippen molar-refractivity contribution in [2.45, 2.75) is 13.3 Å². The lowest BCUT2D eigenvalue weighted by atomic mass is 10.1. The Morgan fingerprint density at radius 1 is 1.00 bits per heavy atom. The van der Waals surface area contributed by atoms with Crippen LogP contribution in [0.2, 0.25) is 10.0 Å². The van der Waals surface area contributed by atoms with Crippen LogP contribution < -0.4 is 9.64 Å². The largest absolute Gasteiger partial charge is 0.483 e. The molecule has 0 aliphatic carbocycles. The van der Waals surface area contributed by atoms with E-state index in [1.54, 1.807) is 12.1 Å². The van der Waals surface area contributed by atoms with Crippen molar-refractivity contribution in [3.63, 3.8) is 0 Å². The quantitative estimate of drug-likeness (QED) is 0.520. The van der Waals surface area contributed by atoms with Crippen LogP contribution in [0.3, 0.4) is 0 Å². The van der Waals surface area contributed by atoms with Gasteiger partial charge in [-0.05, 0) is 48.4 Å². The molecule has 1 aromatic heterocycles. The second-order valence-electron chi connectivity index (χ2n) is 7.52. The number of amides is 1. The Hall–Kier alpha value is -2.83. The van der Waals surface area contributed by atoms with Crippen molar-refractivity contribution in [1.29, 1.82) is 0 Å². The summed E-state index contributed by atoms with van der Waals surface area (Å²) in [4.78, 5) is 16.6. The number of carbonyl (C=O) groups is 1. The van der Waals surface area contributed by atoms with Crippen molar-refractivity contribution in [2.24, 2.45) is 0 Å². The van der Waals surface area contributed by atoms with Crippen LogP contribution in [0.5, 0.6) is 5.75 Å². The maximum atomic E-state index is 12.6. The number of hydrogen-bond donors (Lipinski definition) is 0. The fraction of sp³-hybridized carbons (Fsp3) is 0.292. The highest BCUT2D eigenvalue weighted by molar-refractivity contribution is 6.36. The molecule has 0 unspecified atom stereocenters. The molecular formula is C24H24Cl2N4O2. The average Bonchev–Trinajstić information content (AvgIpc) is 2.83. The third kappa shape index (κ3) is 5.14. The number of para-hydroxylation sites is 1. The summed E-state index contributed by atoms with van der Waals surface area (Å²) in [5.41, 5.74) is 2.58. The Morgan fingerprint density at radius 3 is 2.47 bits per heavy atom. The van der Waals surface area contributed by atoms with Crippen LogP contribution in [0.1, 0.15) is 12.5 Å². The standard InChI is InChI=1S/C24H24Cl2N4O2/c1-2-17-5-3-4-6-22(17)32-16-24(31)30-13-11-29(12-14-30)23-10-9-21(27-28-23)19-8-7-18(25)15-20(19)26/h3-10,15H,2,11-14,16H2,1H3. The van der Waals surface area contributed by atoms with Crippen molar-refractivity contribution >= 4 is 34.9 Å². The van der Waals surface area contributed by atoms with Gasteiger partial charge < -0.3 is 14.5 Å². The van der Waals surface area contributed by atoms with E-state index in [2.05, 4.69) is 22.0 Å². The topological polar surface area (TPSA) is 58.6 Å². The van der Waals surface area contributed by atoms with Crippen molar-refractivity contribution in [1.82, 2.24) is 15.1 Å². The molecule has 0 saturated carbocycles. The molecule has 0 radical (unpaired) electrons. The molecule has 1 amide bonds. The van der Waals surface area contributed by atoms with E-state index in [-0.39, 0.29) is 12.5 Å². The maximum Gasteiger partial charge on any atom is 0.260 e. The van der Waals surface area contributed by atoms with Gasteiger partial charge in [0.15, 0.2) is 12.4 Å². The molecule has 0 bridgehead atoms. The highest BCUT2D eigenvalue weighted by Crippen LogP contribution is 2.29. The molecular weight excluding hydrogens is 447 g/mol. The summed E-state index contributed by atoms with van der Waals surface area (Å²) in [6, 6.07) is 16.9. The average molecular weight is 471 g/mol. The molecule has 8 heteroatoms. The number of hydrogen-bond acceptors (Lipinski definition) is 5. The molecule has 3 aromatic rings. The third-order valence-electron chi connectivity index (χ3n) is 5.52. The molecule has 2 heterocycles. The van der Waals surface area contributed by atoms with Gasteiger partial charge in [0.1, 0.15) is 5.75 Å². The number of rotatable bonds is 6. The Kier molecular flexibility index (Phi) is 7.12. The SMILES string of the molecule is CCc1ccccc1OCC(=O)N1CCN(c2ccc(-c3ccc(Cl)cc3Cl)nn2)CC1. The van der Waals surface area contributed by atoms with Gasteiger partial charge in [0, 0.05) is 36.8 Å². The summed E-state index contributed by atoms with van der Waals surface area (Å²) in [7, 11) is 0. The van der Waals surface area contributed by atoms with Gasteiger partial charge in [-0.25, -0.2) is 0 Å². The number of nitrogens with zero attached hydrogens (tertiary/aromatic N) is 4. The fourth-order valence-electron chi connectivity index (χ4n) is 3.69. The summed E-state index contributed by atoms with van der Waals surface area (Å²) in [5.74, 6) is 1.55. The van der Waals surface area contributed by atoms with Crippen LogP contribution >= 0.6 is 23.2 Å². The minimum atomic E-state index is -0.00521. The monoisotopic (exact) mass is 470 g/mol. The molecule has 32 heavy (non-hydrogen) atoms. The van der Waals surface area contributed by atoms with Gasteiger partial charge in [-0.1, -0.05) is 48.3 Å². The van der Waals surface area contributed by atoms with Crippen LogP contribution in [-0.4, -0.2) is 53.8 Å². The number of benzene rings is 2. The normalized spacial score (nSPS) is 13.8. The summed E-state index contributed by atoms with van der Waals surface area (Å²) in [6.45, 7) is 4.73. The van der Waals surface area contributed by atoms with Gasteiger partial charge in [-0.15, -0.1) is 10.2 Å².